The summed E-state index contributed by atoms with van der Waals surface area (Å²) < 4.78 is 5.47. The Hall–Kier alpha value is -1.14. The number of imide groups is 1. The number of hydrogen-bond acceptors (Lipinski definition) is 4. The highest BCUT2D eigenvalue weighted by atomic mass is 16.5. The second-order valence-electron chi connectivity index (χ2n) is 6.04. The number of hydrogen-bond donors (Lipinski definition) is 1. The number of amides is 3. The molecule has 2 aliphatic heterocycles. The molecule has 0 aromatic heterocycles. The molecule has 3 amide bonds. The number of carbonyl (C=O) groups is 2. The van der Waals surface area contributed by atoms with Crippen molar-refractivity contribution >= 4 is 11.9 Å². The minimum atomic E-state index is -0.672. The lowest BCUT2D eigenvalue weighted by molar-refractivity contribution is -0.134. The highest BCUT2D eigenvalue weighted by molar-refractivity contribution is 6.07. The summed E-state index contributed by atoms with van der Waals surface area (Å²) in [4.78, 5) is 27.9. The molecule has 106 valence electrons. The van der Waals surface area contributed by atoms with Gasteiger partial charge in [0.25, 0.3) is 5.91 Å². The molecule has 6 nitrogen and oxygen atoms in total. The molecule has 2 saturated heterocycles. The average Bonchev–Trinajstić information content (AvgIpc) is 3.16. The van der Waals surface area contributed by atoms with Gasteiger partial charge in [-0.3, -0.25) is 9.69 Å². The van der Waals surface area contributed by atoms with E-state index in [-0.39, 0.29) is 18.0 Å². The maximum atomic E-state index is 12.5. The number of nitrogens with zero attached hydrogens (tertiary/aromatic N) is 2. The van der Waals surface area contributed by atoms with Crippen molar-refractivity contribution in [3.05, 3.63) is 0 Å². The predicted molar refractivity (Wildman–Crippen MR) is 68.4 cm³/mol. The Morgan fingerprint density at radius 3 is 2.79 bits per heavy atom. The summed E-state index contributed by atoms with van der Waals surface area (Å²) in [5, 5.41) is 2.87. The molecule has 1 aliphatic carbocycles. The van der Waals surface area contributed by atoms with E-state index in [1.165, 1.54) is 4.90 Å². The van der Waals surface area contributed by atoms with Crippen LogP contribution in [0.25, 0.3) is 0 Å². The molecular formula is C13H21N3O3. The van der Waals surface area contributed by atoms with Crippen LogP contribution in [0.1, 0.15) is 26.7 Å². The van der Waals surface area contributed by atoms with Crippen LogP contribution in [0.2, 0.25) is 0 Å². The normalized spacial score (nSPS) is 36.7. The lowest BCUT2D eigenvalue weighted by Gasteiger charge is -2.33. The van der Waals surface area contributed by atoms with E-state index < -0.39 is 5.54 Å². The summed E-state index contributed by atoms with van der Waals surface area (Å²) >= 11 is 0. The smallest absolute Gasteiger partial charge is 0.326 e. The third-order valence-corrected chi connectivity index (χ3v) is 4.36. The number of morpholine rings is 1. The van der Waals surface area contributed by atoms with Crippen LogP contribution in [0.4, 0.5) is 4.79 Å². The minimum Gasteiger partial charge on any atom is -0.376 e. The summed E-state index contributed by atoms with van der Waals surface area (Å²) in [6.45, 7) is 6.42. The van der Waals surface area contributed by atoms with Crippen molar-refractivity contribution in [1.29, 1.82) is 0 Å². The summed E-state index contributed by atoms with van der Waals surface area (Å²) in [5.41, 5.74) is -0.672. The molecule has 0 spiro atoms. The Morgan fingerprint density at radius 2 is 2.16 bits per heavy atom. The van der Waals surface area contributed by atoms with Gasteiger partial charge in [-0.25, -0.2) is 9.69 Å². The van der Waals surface area contributed by atoms with Crippen LogP contribution in [0.15, 0.2) is 0 Å². The van der Waals surface area contributed by atoms with Crippen LogP contribution in [-0.4, -0.2) is 59.7 Å². The van der Waals surface area contributed by atoms with E-state index in [9.17, 15) is 9.59 Å². The van der Waals surface area contributed by atoms with Crippen LogP contribution in [-0.2, 0) is 9.53 Å². The lowest BCUT2D eigenvalue weighted by atomic mass is 9.96. The third-order valence-electron chi connectivity index (χ3n) is 4.36. The van der Waals surface area contributed by atoms with Crippen molar-refractivity contribution in [2.24, 2.45) is 5.92 Å². The van der Waals surface area contributed by atoms with Gasteiger partial charge in [-0.15, -0.1) is 0 Å². The maximum Gasteiger partial charge on any atom is 0.326 e. The molecule has 2 heterocycles. The standard InChI is InChI=1S/C13H21N3O3/c1-9-7-15(5-6-19-9)8-16-11(17)13(2,10-3-4-10)14-12(16)18/h9-10H,3-8H2,1-2H3,(H,14,18)/t9-,13-/m0/s1. The van der Waals surface area contributed by atoms with Crippen molar-refractivity contribution in [3.63, 3.8) is 0 Å². The van der Waals surface area contributed by atoms with Gasteiger partial charge < -0.3 is 10.1 Å². The van der Waals surface area contributed by atoms with Gasteiger partial charge >= 0.3 is 6.03 Å². The molecule has 3 fully saturated rings. The number of nitrogens with one attached hydrogen (secondary N) is 1. The van der Waals surface area contributed by atoms with E-state index in [4.69, 9.17) is 4.74 Å². The second kappa shape index (κ2) is 4.45. The van der Waals surface area contributed by atoms with Crippen LogP contribution in [0.5, 0.6) is 0 Å². The van der Waals surface area contributed by atoms with E-state index >= 15 is 0 Å². The average molecular weight is 267 g/mol. The molecule has 19 heavy (non-hydrogen) atoms. The van der Waals surface area contributed by atoms with Crippen molar-refractivity contribution in [1.82, 2.24) is 15.1 Å². The lowest BCUT2D eigenvalue weighted by Crippen LogP contribution is -2.50. The number of carbonyl (C=O) groups excluding carboxylic acids is 2. The van der Waals surface area contributed by atoms with Gasteiger partial charge in [-0.2, -0.15) is 0 Å². The summed E-state index contributed by atoms with van der Waals surface area (Å²) in [6, 6.07) is -0.251. The van der Waals surface area contributed by atoms with Gasteiger partial charge in [0.05, 0.1) is 19.4 Å². The van der Waals surface area contributed by atoms with E-state index in [2.05, 4.69) is 10.2 Å². The Morgan fingerprint density at radius 1 is 1.42 bits per heavy atom. The maximum absolute atomic E-state index is 12.5. The van der Waals surface area contributed by atoms with E-state index in [0.717, 1.165) is 25.9 Å². The Bertz CT molecular complexity index is 410. The third kappa shape index (κ3) is 2.23. The van der Waals surface area contributed by atoms with Gasteiger partial charge in [0.2, 0.25) is 0 Å². The molecule has 0 aromatic carbocycles. The number of ether oxygens (including phenoxy) is 1. The summed E-state index contributed by atoms with van der Waals surface area (Å²) in [6.07, 6.45) is 2.22. The number of urea groups is 1. The first-order valence-electron chi connectivity index (χ1n) is 6.99. The second-order valence-corrected chi connectivity index (χ2v) is 6.04. The van der Waals surface area contributed by atoms with Crippen molar-refractivity contribution in [2.75, 3.05) is 26.4 Å². The minimum absolute atomic E-state index is 0.0702. The predicted octanol–water partition coefficient (Wildman–Crippen LogP) is 0.385. The van der Waals surface area contributed by atoms with Gasteiger partial charge in [-0.1, -0.05) is 0 Å². The fraction of sp³-hybridized carbons (Fsp3) is 0.846. The van der Waals surface area contributed by atoms with Crippen LogP contribution < -0.4 is 5.32 Å². The van der Waals surface area contributed by atoms with Crippen molar-refractivity contribution in [3.8, 4) is 0 Å². The molecule has 2 atom stereocenters. The van der Waals surface area contributed by atoms with Gasteiger partial charge in [-0.05, 0) is 32.6 Å². The Kier molecular flexibility index (Phi) is 3.02. The Labute approximate surface area is 113 Å². The molecule has 6 heteroatoms. The largest absolute Gasteiger partial charge is 0.376 e. The molecule has 3 rings (SSSR count). The highest BCUT2D eigenvalue weighted by Gasteiger charge is 2.56. The Balaban J connectivity index is 1.67. The summed E-state index contributed by atoms with van der Waals surface area (Å²) in [7, 11) is 0. The zero-order valence-corrected chi connectivity index (χ0v) is 11.5. The molecule has 0 bridgehead atoms. The van der Waals surface area contributed by atoms with Crippen LogP contribution in [0, 0.1) is 5.92 Å². The molecule has 1 N–H and O–H groups in total. The molecule has 0 radical (unpaired) electrons. The molecule has 0 aromatic rings. The van der Waals surface area contributed by atoms with Gasteiger partial charge in [0.15, 0.2) is 0 Å². The first kappa shape index (κ1) is 12.9. The van der Waals surface area contributed by atoms with Crippen LogP contribution in [0.3, 0.4) is 0 Å². The topological polar surface area (TPSA) is 61.9 Å². The zero-order valence-electron chi connectivity index (χ0n) is 11.5. The number of rotatable bonds is 3. The van der Waals surface area contributed by atoms with E-state index in [1.54, 1.807) is 0 Å². The SMILES string of the molecule is C[C@H]1CN(CN2C(=O)N[C@@](C)(C3CC3)C2=O)CCO1. The van der Waals surface area contributed by atoms with E-state index in [0.29, 0.717) is 19.2 Å². The molecule has 3 aliphatic rings. The van der Waals surface area contributed by atoms with Crippen molar-refractivity contribution < 1.29 is 14.3 Å². The monoisotopic (exact) mass is 267 g/mol. The highest BCUT2D eigenvalue weighted by Crippen LogP contribution is 2.42. The van der Waals surface area contributed by atoms with Crippen molar-refractivity contribution in [2.45, 2.75) is 38.3 Å². The van der Waals surface area contributed by atoms with Gasteiger partial charge in [0, 0.05) is 13.1 Å². The zero-order chi connectivity index (χ0) is 13.6. The first-order valence-corrected chi connectivity index (χ1v) is 6.99. The summed E-state index contributed by atoms with van der Waals surface area (Å²) in [5.74, 6) is 0.247. The molecular weight excluding hydrogens is 246 g/mol. The van der Waals surface area contributed by atoms with Crippen LogP contribution >= 0.6 is 0 Å². The first-order chi connectivity index (χ1) is 9.00. The quantitative estimate of drug-likeness (QED) is 0.751. The fourth-order valence-corrected chi connectivity index (χ4v) is 3.00. The molecule has 0 unspecified atom stereocenters. The van der Waals surface area contributed by atoms with Gasteiger partial charge in [0.1, 0.15) is 5.54 Å². The van der Waals surface area contributed by atoms with E-state index in [1.807, 2.05) is 13.8 Å². The fourth-order valence-electron chi connectivity index (χ4n) is 3.00. The molecule has 1 saturated carbocycles.